The number of aliphatic carboxylic acids is 3. The van der Waals surface area contributed by atoms with E-state index < -0.39 is 72.7 Å². The van der Waals surface area contributed by atoms with Gasteiger partial charge in [0.15, 0.2) is 11.2 Å². The number of carbonyl (C=O) groups is 6. The van der Waals surface area contributed by atoms with E-state index in [2.05, 4.69) is 14.2 Å². The molecule has 0 rings (SSSR count). The van der Waals surface area contributed by atoms with Crippen molar-refractivity contribution >= 4 is 35.8 Å². The Balaban J connectivity index is 0. The molecule has 0 heterocycles. The van der Waals surface area contributed by atoms with Gasteiger partial charge in [-0.3, -0.25) is 19.2 Å². The monoisotopic (exact) mass is 468 g/mol. The van der Waals surface area contributed by atoms with Crippen LogP contribution < -0.4 is 0 Å². The fraction of sp³-hybridized carbons (Fsp3) is 0.667. The number of ether oxygens (including phenoxy) is 3. The van der Waals surface area contributed by atoms with Crippen LogP contribution in [-0.4, -0.2) is 92.4 Å². The zero-order valence-electron chi connectivity index (χ0n) is 17.9. The third-order valence-electron chi connectivity index (χ3n) is 3.43. The van der Waals surface area contributed by atoms with Crippen LogP contribution in [0.25, 0.3) is 0 Å². The molecule has 0 radical (unpaired) electrons. The smallest absolute Gasteiger partial charge is 0.339 e. The van der Waals surface area contributed by atoms with E-state index in [-0.39, 0.29) is 19.8 Å². The van der Waals surface area contributed by atoms with Gasteiger partial charge in [-0.1, -0.05) is 0 Å². The van der Waals surface area contributed by atoms with Gasteiger partial charge in [0.05, 0.1) is 45.5 Å². The van der Waals surface area contributed by atoms with Crippen molar-refractivity contribution in [1.29, 1.82) is 0 Å². The van der Waals surface area contributed by atoms with Crippen molar-refractivity contribution in [2.75, 3.05) is 19.8 Å². The second kappa shape index (κ2) is 14.7. The average molecular weight is 468 g/mol. The molecule has 0 spiro atoms. The number of hydrogen-bond donors (Lipinski definition) is 5. The number of carboxylic acids is 3. The molecular weight excluding hydrogens is 440 g/mol. The van der Waals surface area contributed by atoms with Crippen LogP contribution in [0.2, 0.25) is 0 Å². The first-order valence-corrected chi connectivity index (χ1v) is 9.27. The highest BCUT2D eigenvalue weighted by Gasteiger charge is 2.43. The van der Waals surface area contributed by atoms with E-state index >= 15 is 0 Å². The van der Waals surface area contributed by atoms with E-state index in [0.717, 1.165) is 0 Å². The van der Waals surface area contributed by atoms with Crippen molar-refractivity contribution in [3.8, 4) is 0 Å². The molecule has 5 N–H and O–H groups in total. The largest absolute Gasteiger partial charge is 0.481 e. The minimum Gasteiger partial charge on any atom is -0.481 e. The van der Waals surface area contributed by atoms with E-state index in [0.29, 0.717) is 0 Å². The fourth-order valence-corrected chi connectivity index (χ4v) is 2.09. The Morgan fingerprint density at radius 1 is 0.594 bits per heavy atom. The molecule has 14 heteroatoms. The van der Waals surface area contributed by atoms with Crippen molar-refractivity contribution in [2.24, 2.45) is 0 Å². The summed E-state index contributed by atoms with van der Waals surface area (Å²) in [5.74, 6) is -7.64. The molecule has 14 nitrogen and oxygen atoms in total. The lowest BCUT2D eigenvalue weighted by Gasteiger charge is -2.23. The van der Waals surface area contributed by atoms with Crippen molar-refractivity contribution in [3.05, 3.63) is 0 Å². The van der Waals surface area contributed by atoms with Crippen molar-refractivity contribution < 1.29 is 68.5 Å². The summed E-state index contributed by atoms with van der Waals surface area (Å²) in [7, 11) is 0. The minimum atomic E-state index is -2.74. The van der Waals surface area contributed by atoms with E-state index in [1.807, 2.05) is 0 Å². The number of carboxylic acid groups (broad SMARTS) is 3. The highest BCUT2D eigenvalue weighted by atomic mass is 16.6. The maximum Gasteiger partial charge on any atom is 0.339 e. The van der Waals surface area contributed by atoms with Crippen molar-refractivity contribution in [2.45, 2.75) is 57.7 Å². The van der Waals surface area contributed by atoms with Crippen molar-refractivity contribution in [1.82, 2.24) is 0 Å². The average Bonchev–Trinajstić information content (AvgIpc) is 2.61. The number of hydrogen-bond acceptors (Lipinski definition) is 11. The van der Waals surface area contributed by atoms with Gasteiger partial charge in [-0.15, -0.1) is 0 Å². The Morgan fingerprint density at radius 3 is 1.19 bits per heavy atom. The van der Waals surface area contributed by atoms with Crippen LogP contribution in [0.4, 0.5) is 0 Å². The van der Waals surface area contributed by atoms with Gasteiger partial charge in [0, 0.05) is 0 Å². The maximum atomic E-state index is 11.7. The van der Waals surface area contributed by atoms with Gasteiger partial charge in [-0.25, -0.2) is 9.59 Å². The van der Waals surface area contributed by atoms with Crippen LogP contribution >= 0.6 is 0 Å². The lowest BCUT2D eigenvalue weighted by Crippen LogP contribution is -2.44. The number of carbonyl (C=O) groups excluding carboxylic acids is 3. The summed E-state index contributed by atoms with van der Waals surface area (Å²) in [5.41, 5.74) is -4.99. The molecule has 0 aromatic heterocycles. The van der Waals surface area contributed by atoms with Gasteiger partial charge in [0.2, 0.25) is 0 Å². The standard InChI is InChI=1S/C12H20O7.C6H8O7/c1-4-17-9(13)7-12(16,11(15)19-6-3)8-10(14)18-5-2;7-3(8)1-6(13,5(11)12)2-4(9)10/h16H,4-8H2,1-3H3;13H,1-2H2,(H,7,8)(H,9,10)(H,11,12). The van der Waals surface area contributed by atoms with Crippen LogP contribution in [0.1, 0.15) is 46.5 Å². The Morgan fingerprint density at radius 2 is 0.938 bits per heavy atom. The van der Waals surface area contributed by atoms with E-state index in [4.69, 9.17) is 20.4 Å². The minimum absolute atomic E-state index is 0.0206. The molecule has 0 amide bonds. The zero-order chi connectivity index (χ0) is 25.5. The first kappa shape index (κ1) is 30.9. The van der Waals surface area contributed by atoms with Crippen LogP contribution in [0, 0.1) is 0 Å². The molecule has 32 heavy (non-hydrogen) atoms. The molecule has 0 unspecified atom stereocenters. The molecule has 0 aliphatic heterocycles. The molecule has 0 atom stereocenters. The highest BCUT2D eigenvalue weighted by Crippen LogP contribution is 2.20. The van der Waals surface area contributed by atoms with Crippen LogP contribution in [0.3, 0.4) is 0 Å². The molecule has 0 aliphatic rings. The number of esters is 3. The highest BCUT2D eigenvalue weighted by molar-refractivity contribution is 5.90. The first-order chi connectivity index (χ1) is 14.7. The number of rotatable bonds is 13. The van der Waals surface area contributed by atoms with Gasteiger partial charge < -0.3 is 39.7 Å². The lowest BCUT2D eigenvalue weighted by atomic mass is 9.95. The molecule has 0 saturated carbocycles. The van der Waals surface area contributed by atoms with Gasteiger partial charge in [-0.2, -0.15) is 0 Å². The molecular formula is C18H28O14. The first-order valence-electron chi connectivity index (χ1n) is 9.27. The summed E-state index contributed by atoms with van der Waals surface area (Å²) >= 11 is 0. The molecule has 0 saturated heterocycles. The molecule has 0 bridgehead atoms. The lowest BCUT2D eigenvalue weighted by molar-refractivity contribution is -0.177. The van der Waals surface area contributed by atoms with Crippen LogP contribution in [0.5, 0.6) is 0 Å². The predicted molar refractivity (Wildman–Crippen MR) is 101 cm³/mol. The van der Waals surface area contributed by atoms with Gasteiger partial charge >= 0.3 is 35.8 Å². The van der Waals surface area contributed by atoms with E-state index in [9.17, 15) is 33.9 Å². The Labute approximate surface area is 182 Å². The van der Waals surface area contributed by atoms with Gasteiger partial charge in [0.1, 0.15) is 0 Å². The SMILES string of the molecule is CCOC(=O)CC(O)(CC(=O)OCC)C(=O)OCC.O=C(O)CC(O)(CC(=O)O)C(=O)O. The molecule has 0 fully saturated rings. The molecule has 0 aliphatic carbocycles. The molecule has 184 valence electrons. The summed E-state index contributed by atoms with van der Waals surface area (Å²) in [4.78, 5) is 64.9. The number of aliphatic hydroxyl groups is 2. The molecule has 0 aromatic carbocycles. The summed E-state index contributed by atoms with van der Waals surface area (Å²) in [6.45, 7) is 4.97. The fourth-order valence-electron chi connectivity index (χ4n) is 2.09. The molecule has 0 aromatic rings. The van der Waals surface area contributed by atoms with Gasteiger partial charge in [-0.05, 0) is 20.8 Å². The maximum absolute atomic E-state index is 11.7. The van der Waals surface area contributed by atoms with Crippen LogP contribution in [-0.2, 0) is 43.0 Å². The third-order valence-corrected chi connectivity index (χ3v) is 3.43. The Hall–Kier alpha value is -3.26. The summed E-state index contributed by atoms with van der Waals surface area (Å²) in [5, 5.41) is 43.9. The Bertz CT molecular complexity index is 647. The van der Waals surface area contributed by atoms with Crippen LogP contribution in [0.15, 0.2) is 0 Å². The predicted octanol–water partition coefficient (Wildman–Crippen LogP) is -1.06. The summed E-state index contributed by atoms with van der Waals surface area (Å²) in [6.07, 6.45) is -3.60. The van der Waals surface area contributed by atoms with Gasteiger partial charge in [0.25, 0.3) is 0 Å². The second-order valence-corrected chi connectivity index (χ2v) is 6.19. The van der Waals surface area contributed by atoms with Crippen molar-refractivity contribution in [3.63, 3.8) is 0 Å². The summed E-state index contributed by atoms with van der Waals surface area (Å²) < 4.78 is 14.0. The second-order valence-electron chi connectivity index (χ2n) is 6.19. The van der Waals surface area contributed by atoms with E-state index in [1.54, 1.807) is 20.8 Å². The Kier molecular flexibility index (Phi) is 14.2. The topological polar surface area (TPSA) is 231 Å². The summed E-state index contributed by atoms with van der Waals surface area (Å²) in [6, 6.07) is 0. The van der Waals surface area contributed by atoms with E-state index in [1.165, 1.54) is 0 Å². The third kappa shape index (κ3) is 12.4. The normalized spacial score (nSPS) is 10.8. The zero-order valence-corrected chi connectivity index (χ0v) is 17.9. The quantitative estimate of drug-likeness (QED) is 0.160.